The minimum Gasteiger partial charge on any atom is -0.326 e. The molecule has 110 valence electrons. The van der Waals surface area contributed by atoms with Crippen molar-refractivity contribution in [2.24, 2.45) is 5.73 Å². The smallest absolute Gasteiger partial charge is 0.0245 e. The fourth-order valence-electron chi connectivity index (χ4n) is 3.51. The maximum absolute atomic E-state index is 5.70. The molecule has 20 heavy (non-hydrogen) atoms. The second-order valence-corrected chi connectivity index (χ2v) is 6.90. The van der Waals surface area contributed by atoms with Crippen LogP contribution in [0.15, 0.2) is 22.7 Å². The summed E-state index contributed by atoms with van der Waals surface area (Å²) in [4.78, 5) is 5.31. The van der Waals surface area contributed by atoms with Gasteiger partial charge in [0.1, 0.15) is 0 Å². The topological polar surface area (TPSA) is 32.5 Å². The van der Waals surface area contributed by atoms with Crippen molar-refractivity contribution in [3.63, 3.8) is 0 Å². The molecule has 2 fully saturated rings. The fraction of sp³-hybridized carbons (Fsp3) is 0.625. The Morgan fingerprint density at radius 1 is 1.20 bits per heavy atom. The van der Waals surface area contributed by atoms with Crippen molar-refractivity contribution < 1.29 is 0 Å². The zero-order chi connectivity index (χ0) is 13.9. The van der Waals surface area contributed by atoms with E-state index in [2.05, 4.69) is 43.9 Å². The van der Waals surface area contributed by atoms with Crippen molar-refractivity contribution in [3.8, 4) is 0 Å². The lowest BCUT2D eigenvalue weighted by atomic mass is 10.1. The molecular weight excluding hydrogens is 314 g/mol. The standard InChI is InChI=1S/C16H24BrN3/c17-16-9-13(10-18)4-5-14(16)11-19-6-2-8-20-7-1-3-15(20)12-19/h4-5,9,15H,1-3,6-8,10-12,18H2. The van der Waals surface area contributed by atoms with Crippen LogP contribution in [0.1, 0.15) is 30.4 Å². The minimum absolute atomic E-state index is 0.611. The van der Waals surface area contributed by atoms with Crippen molar-refractivity contribution >= 4 is 15.9 Å². The fourth-order valence-corrected chi connectivity index (χ4v) is 4.07. The normalized spacial score (nSPS) is 24.6. The Hall–Kier alpha value is -0.420. The van der Waals surface area contributed by atoms with Crippen LogP contribution in [-0.2, 0) is 13.1 Å². The van der Waals surface area contributed by atoms with E-state index in [1.807, 2.05) is 0 Å². The van der Waals surface area contributed by atoms with E-state index in [1.165, 1.54) is 61.0 Å². The van der Waals surface area contributed by atoms with Gasteiger partial charge in [0, 0.05) is 30.1 Å². The van der Waals surface area contributed by atoms with Crippen LogP contribution >= 0.6 is 15.9 Å². The Morgan fingerprint density at radius 3 is 2.85 bits per heavy atom. The number of hydrogen-bond donors (Lipinski definition) is 1. The summed E-state index contributed by atoms with van der Waals surface area (Å²) in [5.74, 6) is 0. The van der Waals surface area contributed by atoms with Crippen LogP contribution in [0, 0.1) is 0 Å². The van der Waals surface area contributed by atoms with Crippen molar-refractivity contribution in [1.82, 2.24) is 9.80 Å². The summed E-state index contributed by atoms with van der Waals surface area (Å²) in [6.07, 6.45) is 4.06. The summed E-state index contributed by atoms with van der Waals surface area (Å²) < 4.78 is 1.20. The first-order valence-electron chi connectivity index (χ1n) is 7.70. The second-order valence-electron chi connectivity index (χ2n) is 6.05. The molecule has 0 saturated carbocycles. The van der Waals surface area contributed by atoms with E-state index in [0.717, 1.165) is 12.6 Å². The van der Waals surface area contributed by atoms with Gasteiger partial charge in [0.2, 0.25) is 0 Å². The van der Waals surface area contributed by atoms with Gasteiger partial charge in [-0.2, -0.15) is 0 Å². The molecule has 2 saturated heterocycles. The summed E-state index contributed by atoms with van der Waals surface area (Å²) in [6.45, 7) is 6.71. The van der Waals surface area contributed by atoms with Crippen LogP contribution in [0.3, 0.4) is 0 Å². The molecule has 0 aliphatic carbocycles. The first-order chi connectivity index (χ1) is 9.76. The predicted molar refractivity (Wildman–Crippen MR) is 86.5 cm³/mol. The third-order valence-electron chi connectivity index (χ3n) is 4.63. The van der Waals surface area contributed by atoms with Crippen molar-refractivity contribution in [1.29, 1.82) is 0 Å². The molecule has 1 atom stereocenters. The molecule has 3 rings (SSSR count). The van der Waals surface area contributed by atoms with Crippen LogP contribution in [0.4, 0.5) is 0 Å². The molecular formula is C16H24BrN3. The summed E-state index contributed by atoms with van der Waals surface area (Å²) in [6, 6.07) is 7.33. The van der Waals surface area contributed by atoms with E-state index in [-0.39, 0.29) is 0 Å². The van der Waals surface area contributed by atoms with E-state index in [1.54, 1.807) is 0 Å². The number of fused-ring (bicyclic) bond motifs is 1. The van der Waals surface area contributed by atoms with Gasteiger partial charge in [0.15, 0.2) is 0 Å². The number of halogens is 1. The van der Waals surface area contributed by atoms with Gasteiger partial charge in [-0.3, -0.25) is 9.80 Å². The van der Waals surface area contributed by atoms with Gasteiger partial charge in [0.05, 0.1) is 0 Å². The largest absolute Gasteiger partial charge is 0.326 e. The summed E-state index contributed by atoms with van der Waals surface area (Å²) in [7, 11) is 0. The van der Waals surface area contributed by atoms with E-state index in [0.29, 0.717) is 6.54 Å². The lowest BCUT2D eigenvalue weighted by Gasteiger charge is -2.26. The lowest BCUT2D eigenvalue weighted by Crippen LogP contribution is -2.36. The Kier molecular flexibility index (Phi) is 4.76. The van der Waals surface area contributed by atoms with Gasteiger partial charge in [-0.1, -0.05) is 28.1 Å². The SMILES string of the molecule is NCc1ccc(CN2CCCN3CCCC3C2)c(Br)c1. The van der Waals surface area contributed by atoms with Crippen LogP contribution in [-0.4, -0.2) is 42.0 Å². The Morgan fingerprint density at radius 2 is 2.05 bits per heavy atom. The molecule has 0 radical (unpaired) electrons. The zero-order valence-corrected chi connectivity index (χ0v) is 13.6. The number of hydrogen-bond acceptors (Lipinski definition) is 3. The molecule has 2 aliphatic heterocycles. The second kappa shape index (κ2) is 6.56. The highest BCUT2D eigenvalue weighted by atomic mass is 79.9. The average molecular weight is 338 g/mol. The van der Waals surface area contributed by atoms with Gasteiger partial charge in [0.25, 0.3) is 0 Å². The highest BCUT2D eigenvalue weighted by Crippen LogP contribution is 2.25. The molecule has 0 aromatic heterocycles. The summed E-state index contributed by atoms with van der Waals surface area (Å²) in [5, 5.41) is 0. The molecule has 2 N–H and O–H groups in total. The molecule has 3 nitrogen and oxygen atoms in total. The van der Waals surface area contributed by atoms with E-state index in [9.17, 15) is 0 Å². The van der Waals surface area contributed by atoms with Crippen LogP contribution < -0.4 is 5.73 Å². The molecule has 0 amide bonds. The summed E-state index contributed by atoms with van der Waals surface area (Å²) >= 11 is 3.70. The average Bonchev–Trinajstić information content (AvgIpc) is 2.80. The maximum atomic E-state index is 5.70. The monoisotopic (exact) mass is 337 g/mol. The number of benzene rings is 1. The maximum Gasteiger partial charge on any atom is 0.0245 e. The quantitative estimate of drug-likeness (QED) is 0.920. The molecule has 1 aromatic carbocycles. The minimum atomic E-state index is 0.611. The van der Waals surface area contributed by atoms with Crippen molar-refractivity contribution in [3.05, 3.63) is 33.8 Å². The Bertz CT molecular complexity index is 463. The van der Waals surface area contributed by atoms with Gasteiger partial charge < -0.3 is 5.73 Å². The molecule has 2 aliphatic rings. The number of rotatable bonds is 3. The molecule has 1 unspecified atom stereocenters. The first kappa shape index (κ1) is 14.5. The molecule has 0 bridgehead atoms. The van der Waals surface area contributed by atoms with Gasteiger partial charge in [-0.05, 0) is 56.1 Å². The third kappa shape index (κ3) is 3.25. The number of nitrogens with two attached hydrogens (primary N) is 1. The molecule has 2 heterocycles. The molecule has 4 heteroatoms. The highest BCUT2D eigenvalue weighted by Gasteiger charge is 2.28. The van der Waals surface area contributed by atoms with E-state index >= 15 is 0 Å². The van der Waals surface area contributed by atoms with Crippen LogP contribution in [0.25, 0.3) is 0 Å². The Labute approximate surface area is 130 Å². The highest BCUT2D eigenvalue weighted by molar-refractivity contribution is 9.10. The zero-order valence-electron chi connectivity index (χ0n) is 12.0. The number of nitrogens with zero attached hydrogens (tertiary/aromatic N) is 2. The van der Waals surface area contributed by atoms with E-state index < -0.39 is 0 Å². The van der Waals surface area contributed by atoms with Gasteiger partial charge >= 0.3 is 0 Å². The molecule has 0 spiro atoms. The van der Waals surface area contributed by atoms with Gasteiger partial charge in [-0.25, -0.2) is 0 Å². The van der Waals surface area contributed by atoms with Crippen LogP contribution in [0.5, 0.6) is 0 Å². The lowest BCUT2D eigenvalue weighted by molar-refractivity contribution is 0.215. The third-order valence-corrected chi connectivity index (χ3v) is 5.37. The van der Waals surface area contributed by atoms with Crippen molar-refractivity contribution in [2.75, 3.05) is 26.2 Å². The predicted octanol–water partition coefficient (Wildman–Crippen LogP) is 2.58. The first-order valence-corrected chi connectivity index (χ1v) is 8.49. The summed E-state index contributed by atoms with van der Waals surface area (Å²) in [5.41, 5.74) is 8.27. The Balaban J connectivity index is 1.67. The van der Waals surface area contributed by atoms with Crippen molar-refractivity contribution in [2.45, 2.75) is 38.4 Å². The van der Waals surface area contributed by atoms with Gasteiger partial charge in [-0.15, -0.1) is 0 Å². The van der Waals surface area contributed by atoms with E-state index in [4.69, 9.17) is 5.73 Å². The van der Waals surface area contributed by atoms with Crippen LogP contribution in [0.2, 0.25) is 0 Å². The molecule has 1 aromatic rings.